The zero-order valence-corrected chi connectivity index (χ0v) is 9.42. The van der Waals surface area contributed by atoms with Crippen LogP contribution in [0.4, 0.5) is 0 Å². The highest BCUT2D eigenvalue weighted by Gasteiger charge is 2.13. The highest BCUT2D eigenvalue weighted by molar-refractivity contribution is 5.46. The van der Waals surface area contributed by atoms with Gasteiger partial charge in [-0.05, 0) is 31.4 Å². The summed E-state index contributed by atoms with van der Waals surface area (Å²) in [6.45, 7) is 6.23. The summed E-state index contributed by atoms with van der Waals surface area (Å²) >= 11 is 0. The summed E-state index contributed by atoms with van der Waals surface area (Å²) in [4.78, 5) is 0. The van der Waals surface area contributed by atoms with Crippen molar-refractivity contribution in [3.05, 3.63) is 28.8 Å². The first-order valence-electron chi connectivity index (χ1n) is 5.01. The molecule has 0 aliphatic heterocycles. The lowest BCUT2D eigenvalue weighted by atomic mass is 9.98. The summed E-state index contributed by atoms with van der Waals surface area (Å²) in [6, 6.07) is 4.24. The third-order valence-corrected chi connectivity index (χ3v) is 2.75. The summed E-state index contributed by atoms with van der Waals surface area (Å²) in [5.74, 6) is 0.944. The molecule has 2 heteroatoms. The van der Waals surface area contributed by atoms with Crippen molar-refractivity contribution in [1.82, 2.24) is 0 Å². The minimum absolute atomic E-state index is 0.0734. The SMILES string of the molecule is CCC(N)c1ccc(C)c(C)c1OC. The lowest BCUT2D eigenvalue weighted by molar-refractivity contribution is 0.401. The summed E-state index contributed by atoms with van der Waals surface area (Å²) in [6.07, 6.45) is 0.929. The molecule has 1 unspecified atom stereocenters. The monoisotopic (exact) mass is 193 g/mol. The second-order valence-electron chi connectivity index (χ2n) is 3.64. The molecule has 0 radical (unpaired) electrons. The van der Waals surface area contributed by atoms with Gasteiger partial charge < -0.3 is 10.5 Å². The van der Waals surface area contributed by atoms with Crippen LogP contribution in [-0.4, -0.2) is 7.11 Å². The molecule has 0 aromatic heterocycles. The predicted molar refractivity (Wildman–Crippen MR) is 59.7 cm³/mol. The van der Waals surface area contributed by atoms with Gasteiger partial charge in [0.2, 0.25) is 0 Å². The third-order valence-electron chi connectivity index (χ3n) is 2.75. The quantitative estimate of drug-likeness (QED) is 0.801. The Morgan fingerprint density at radius 3 is 2.50 bits per heavy atom. The lowest BCUT2D eigenvalue weighted by Crippen LogP contribution is -2.11. The molecule has 0 amide bonds. The van der Waals surface area contributed by atoms with Crippen molar-refractivity contribution in [3.63, 3.8) is 0 Å². The average Bonchev–Trinajstić information content (AvgIpc) is 2.20. The molecule has 0 saturated carbocycles. The second-order valence-corrected chi connectivity index (χ2v) is 3.64. The van der Waals surface area contributed by atoms with E-state index in [1.54, 1.807) is 7.11 Å². The summed E-state index contributed by atoms with van der Waals surface area (Å²) in [7, 11) is 1.70. The molecule has 0 aliphatic rings. The van der Waals surface area contributed by atoms with E-state index in [4.69, 9.17) is 10.5 Å². The Labute approximate surface area is 86.1 Å². The number of rotatable bonds is 3. The Bertz CT molecular complexity index is 320. The van der Waals surface area contributed by atoms with Gasteiger partial charge in [-0.1, -0.05) is 19.1 Å². The molecular formula is C12H19NO. The molecule has 0 saturated heterocycles. The first-order valence-corrected chi connectivity index (χ1v) is 5.01. The van der Waals surface area contributed by atoms with Gasteiger partial charge in [0.1, 0.15) is 5.75 Å². The van der Waals surface area contributed by atoms with Crippen molar-refractivity contribution in [2.45, 2.75) is 33.2 Å². The van der Waals surface area contributed by atoms with Gasteiger partial charge in [-0.3, -0.25) is 0 Å². The third kappa shape index (κ3) is 1.90. The first kappa shape index (κ1) is 11.1. The number of methoxy groups -OCH3 is 1. The van der Waals surface area contributed by atoms with E-state index in [0.717, 1.165) is 17.7 Å². The van der Waals surface area contributed by atoms with Crippen LogP contribution < -0.4 is 10.5 Å². The van der Waals surface area contributed by atoms with Gasteiger partial charge in [-0.15, -0.1) is 0 Å². The minimum atomic E-state index is 0.0734. The van der Waals surface area contributed by atoms with Gasteiger partial charge in [0.05, 0.1) is 7.11 Å². The number of ether oxygens (including phenoxy) is 1. The fourth-order valence-electron chi connectivity index (χ4n) is 1.59. The fraction of sp³-hybridized carbons (Fsp3) is 0.500. The molecule has 1 rings (SSSR count). The van der Waals surface area contributed by atoms with Crippen LogP contribution in [0.1, 0.15) is 36.1 Å². The normalized spacial score (nSPS) is 12.6. The van der Waals surface area contributed by atoms with Crippen LogP contribution >= 0.6 is 0 Å². The molecule has 0 heterocycles. The molecule has 0 fully saturated rings. The smallest absolute Gasteiger partial charge is 0.126 e. The van der Waals surface area contributed by atoms with Gasteiger partial charge in [-0.25, -0.2) is 0 Å². The Morgan fingerprint density at radius 1 is 1.36 bits per heavy atom. The molecule has 2 nitrogen and oxygen atoms in total. The van der Waals surface area contributed by atoms with Gasteiger partial charge in [0.25, 0.3) is 0 Å². The fourth-order valence-corrected chi connectivity index (χ4v) is 1.59. The maximum atomic E-state index is 6.01. The molecule has 0 aliphatic carbocycles. The van der Waals surface area contributed by atoms with E-state index in [1.807, 2.05) is 0 Å². The largest absolute Gasteiger partial charge is 0.496 e. The number of hydrogen-bond donors (Lipinski definition) is 1. The van der Waals surface area contributed by atoms with Crippen molar-refractivity contribution in [1.29, 1.82) is 0 Å². The summed E-state index contributed by atoms with van der Waals surface area (Å²) in [5, 5.41) is 0. The molecule has 78 valence electrons. The van der Waals surface area contributed by atoms with Crippen molar-refractivity contribution < 1.29 is 4.74 Å². The molecule has 1 aromatic carbocycles. The van der Waals surface area contributed by atoms with Gasteiger partial charge in [0.15, 0.2) is 0 Å². The number of nitrogens with two attached hydrogens (primary N) is 1. The zero-order valence-electron chi connectivity index (χ0n) is 9.42. The van der Waals surface area contributed by atoms with Crippen molar-refractivity contribution in [3.8, 4) is 5.75 Å². The zero-order chi connectivity index (χ0) is 10.7. The van der Waals surface area contributed by atoms with E-state index in [0.29, 0.717) is 0 Å². The van der Waals surface area contributed by atoms with Crippen LogP contribution in [0, 0.1) is 13.8 Å². The Hall–Kier alpha value is -1.02. The van der Waals surface area contributed by atoms with Crippen LogP contribution in [0.15, 0.2) is 12.1 Å². The topological polar surface area (TPSA) is 35.2 Å². The molecule has 14 heavy (non-hydrogen) atoms. The molecule has 0 bridgehead atoms. The first-order chi connectivity index (χ1) is 6.61. The van der Waals surface area contributed by atoms with Crippen molar-refractivity contribution in [2.24, 2.45) is 5.73 Å². The summed E-state index contributed by atoms with van der Waals surface area (Å²) in [5.41, 5.74) is 9.55. The van der Waals surface area contributed by atoms with Gasteiger partial charge in [-0.2, -0.15) is 0 Å². The number of hydrogen-bond acceptors (Lipinski definition) is 2. The van der Waals surface area contributed by atoms with E-state index >= 15 is 0 Å². The van der Waals surface area contributed by atoms with Crippen LogP contribution in [0.2, 0.25) is 0 Å². The van der Waals surface area contributed by atoms with Crippen LogP contribution in [-0.2, 0) is 0 Å². The van der Waals surface area contributed by atoms with E-state index < -0.39 is 0 Å². The lowest BCUT2D eigenvalue weighted by Gasteiger charge is -2.17. The number of aryl methyl sites for hydroxylation is 1. The Kier molecular flexibility index (Phi) is 3.53. The number of benzene rings is 1. The van der Waals surface area contributed by atoms with Gasteiger partial charge >= 0.3 is 0 Å². The highest BCUT2D eigenvalue weighted by atomic mass is 16.5. The van der Waals surface area contributed by atoms with E-state index in [9.17, 15) is 0 Å². The standard InChI is InChI=1S/C12H19NO/c1-5-11(13)10-7-6-8(2)9(3)12(10)14-4/h6-7,11H,5,13H2,1-4H3. The molecule has 1 aromatic rings. The predicted octanol–water partition coefficient (Wildman–Crippen LogP) is 2.72. The van der Waals surface area contributed by atoms with E-state index in [1.165, 1.54) is 11.1 Å². The van der Waals surface area contributed by atoms with Crippen LogP contribution in [0.25, 0.3) is 0 Å². The molecule has 1 atom stereocenters. The molecule has 2 N–H and O–H groups in total. The van der Waals surface area contributed by atoms with E-state index in [2.05, 4.69) is 32.9 Å². The average molecular weight is 193 g/mol. The van der Waals surface area contributed by atoms with Crippen LogP contribution in [0.3, 0.4) is 0 Å². The Morgan fingerprint density at radius 2 is 2.00 bits per heavy atom. The maximum absolute atomic E-state index is 6.01. The van der Waals surface area contributed by atoms with Crippen molar-refractivity contribution in [2.75, 3.05) is 7.11 Å². The summed E-state index contributed by atoms with van der Waals surface area (Å²) < 4.78 is 5.40. The highest BCUT2D eigenvalue weighted by Crippen LogP contribution is 2.30. The van der Waals surface area contributed by atoms with E-state index in [-0.39, 0.29) is 6.04 Å². The van der Waals surface area contributed by atoms with Crippen molar-refractivity contribution >= 4 is 0 Å². The second kappa shape index (κ2) is 4.47. The molecular weight excluding hydrogens is 174 g/mol. The van der Waals surface area contributed by atoms with Gasteiger partial charge in [0, 0.05) is 11.6 Å². The minimum Gasteiger partial charge on any atom is -0.496 e. The van der Waals surface area contributed by atoms with Crippen LogP contribution in [0.5, 0.6) is 5.75 Å². The maximum Gasteiger partial charge on any atom is 0.126 e. The molecule has 0 spiro atoms. The Balaban J connectivity index is 3.23.